The van der Waals surface area contributed by atoms with Crippen LogP contribution in [0.1, 0.15) is 61.2 Å². The highest BCUT2D eigenvalue weighted by molar-refractivity contribution is 7.17. The molecule has 0 saturated heterocycles. The lowest BCUT2D eigenvalue weighted by molar-refractivity contribution is -0.120. The summed E-state index contributed by atoms with van der Waals surface area (Å²) >= 11 is 1.63. The second-order valence-corrected chi connectivity index (χ2v) is 9.58. The van der Waals surface area contributed by atoms with Gasteiger partial charge < -0.3 is 10.1 Å². The summed E-state index contributed by atoms with van der Waals surface area (Å²) < 4.78 is 7.63. The lowest BCUT2D eigenvalue weighted by Gasteiger charge is -2.20. The van der Waals surface area contributed by atoms with Crippen molar-refractivity contribution in [2.24, 2.45) is 5.92 Å². The monoisotopic (exact) mass is 437 g/mol. The number of ether oxygens (including phenoxy) is 1. The normalized spacial score (nSPS) is 16.8. The number of carbonyl (C=O) groups excluding carboxylic acids is 1. The molecule has 1 aromatic carbocycles. The van der Waals surface area contributed by atoms with Crippen LogP contribution in [0.4, 0.5) is 5.69 Å². The molecule has 2 heterocycles. The number of carbonyl (C=O) groups is 1. The Bertz CT molecular complexity index is 1140. The summed E-state index contributed by atoms with van der Waals surface area (Å²) in [6, 6.07) is 8.97. The van der Waals surface area contributed by atoms with Crippen molar-refractivity contribution < 1.29 is 9.53 Å². The Morgan fingerprint density at radius 2 is 1.87 bits per heavy atom. The van der Waals surface area contributed by atoms with E-state index in [0.717, 1.165) is 61.3 Å². The molecular weight excluding hydrogens is 410 g/mol. The van der Waals surface area contributed by atoms with E-state index < -0.39 is 0 Å². The zero-order chi connectivity index (χ0) is 21.2. The summed E-state index contributed by atoms with van der Waals surface area (Å²) in [6.45, 7) is 0.238. The molecule has 31 heavy (non-hydrogen) atoms. The molecule has 0 atom stereocenters. The SMILES string of the molecule is O=C(Nc1ccc(OCc2cc(=O)n3c4c(sc3n2)CCCC4)cc1)C1CCCCC1. The van der Waals surface area contributed by atoms with Gasteiger partial charge in [-0.1, -0.05) is 19.3 Å². The van der Waals surface area contributed by atoms with Gasteiger partial charge in [0.1, 0.15) is 12.4 Å². The zero-order valence-electron chi connectivity index (χ0n) is 17.6. The Hall–Kier alpha value is -2.67. The van der Waals surface area contributed by atoms with Crippen LogP contribution in [-0.2, 0) is 24.2 Å². The Balaban J connectivity index is 1.23. The number of hydrogen-bond acceptors (Lipinski definition) is 5. The van der Waals surface area contributed by atoms with Crippen LogP contribution in [-0.4, -0.2) is 15.3 Å². The molecule has 2 aliphatic carbocycles. The molecule has 162 valence electrons. The molecular formula is C24H27N3O3S. The van der Waals surface area contributed by atoms with E-state index >= 15 is 0 Å². The van der Waals surface area contributed by atoms with Crippen molar-refractivity contribution in [3.05, 3.63) is 57.0 Å². The van der Waals surface area contributed by atoms with E-state index in [1.165, 1.54) is 17.7 Å². The largest absolute Gasteiger partial charge is 0.487 e. The fourth-order valence-electron chi connectivity index (χ4n) is 4.62. The van der Waals surface area contributed by atoms with Gasteiger partial charge in [0.2, 0.25) is 5.91 Å². The molecule has 0 spiro atoms. The maximum Gasteiger partial charge on any atom is 0.259 e. The van der Waals surface area contributed by atoms with Gasteiger partial charge in [0.05, 0.1) is 5.69 Å². The summed E-state index contributed by atoms with van der Waals surface area (Å²) in [4.78, 5) is 31.8. The van der Waals surface area contributed by atoms with Gasteiger partial charge >= 0.3 is 0 Å². The molecule has 1 N–H and O–H groups in total. The average molecular weight is 438 g/mol. The van der Waals surface area contributed by atoms with Gasteiger partial charge in [-0.05, 0) is 62.8 Å². The van der Waals surface area contributed by atoms with E-state index in [0.29, 0.717) is 11.4 Å². The number of aryl methyl sites for hydroxylation is 2. The third-order valence-corrected chi connectivity index (χ3v) is 7.44. The van der Waals surface area contributed by atoms with Crippen LogP contribution in [0.2, 0.25) is 0 Å². The van der Waals surface area contributed by atoms with Gasteiger partial charge in [-0.2, -0.15) is 0 Å². The van der Waals surface area contributed by atoms with Crippen LogP contribution in [0.5, 0.6) is 5.75 Å². The van der Waals surface area contributed by atoms with Crippen molar-refractivity contribution in [3.63, 3.8) is 0 Å². The highest BCUT2D eigenvalue weighted by Crippen LogP contribution is 2.28. The van der Waals surface area contributed by atoms with Gasteiger partial charge in [-0.15, -0.1) is 11.3 Å². The molecule has 7 heteroatoms. The van der Waals surface area contributed by atoms with Crippen molar-refractivity contribution in [2.75, 3.05) is 5.32 Å². The van der Waals surface area contributed by atoms with Crippen LogP contribution in [0, 0.1) is 5.92 Å². The van der Waals surface area contributed by atoms with Gasteiger partial charge in [0, 0.05) is 28.2 Å². The van der Waals surface area contributed by atoms with Crippen LogP contribution < -0.4 is 15.6 Å². The number of rotatable bonds is 5. The van der Waals surface area contributed by atoms with Gasteiger partial charge in [0.25, 0.3) is 5.56 Å². The van der Waals surface area contributed by atoms with Crippen molar-refractivity contribution in [3.8, 4) is 5.75 Å². The number of hydrogen-bond donors (Lipinski definition) is 1. The van der Waals surface area contributed by atoms with Gasteiger partial charge in [-0.25, -0.2) is 4.98 Å². The van der Waals surface area contributed by atoms with Crippen molar-refractivity contribution in [1.29, 1.82) is 0 Å². The van der Waals surface area contributed by atoms with E-state index in [4.69, 9.17) is 4.74 Å². The first-order chi connectivity index (χ1) is 15.2. The number of anilines is 1. The maximum atomic E-state index is 12.7. The molecule has 0 radical (unpaired) electrons. The minimum absolute atomic E-state index is 0.0243. The predicted octanol–water partition coefficient (Wildman–Crippen LogP) is 4.73. The lowest BCUT2D eigenvalue weighted by atomic mass is 9.88. The van der Waals surface area contributed by atoms with Crippen molar-refractivity contribution in [2.45, 2.75) is 64.4 Å². The summed E-state index contributed by atoms with van der Waals surface area (Å²) in [5.41, 5.74) is 2.54. The average Bonchev–Trinajstić information content (AvgIpc) is 3.18. The smallest absolute Gasteiger partial charge is 0.259 e. The number of thiazole rings is 1. The first kappa shape index (κ1) is 20.2. The number of nitrogens with zero attached hydrogens (tertiary/aromatic N) is 2. The fourth-order valence-corrected chi connectivity index (χ4v) is 5.85. The Labute approximate surface area is 185 Å². The summed E-state index contributed by atoms with van der Waals surface area (Å²) in [7, 11) is 0. The number of benzene rings is 1. The highest BCUT2D eigenvalue weighted by Gasteiger charge is 2.21. The molecule has 1 saturated carbocycles. The Morgan fingerprint density at radius 1 is 1.10 bits per heavy atom. The van der Waals surface area contributed by atoms with Crippen LogP contribution in [0.15, 0.2) is 35.1 Å². The highest BCUT2D eigenvalue weighted by atomic mass is 32.1. The quantitative estimate of drug-likeness (QED) is 0.626. The zero-order valence-corrected chi connectivity index (χ0v) is 18.4. The van der Waals surface area contributed by atoms with Crippen molar-refractivity contribution in [1.82, 2.24) is 9.38 Å². The predicted molar refractivity (Wildman–Crippen MR) is 122 cm³/mol. The lowest BCUT2D eigenvalue weighted by Crippen LogP contribution is -2.24. The molecule has 0 aliphatic heterocycles. The van der Waals surface area contributed by atoms with Gasteiger partial charge in [-0.3, -0.25) is 14.0 Å². The minimum Gasteiger partial charge on any atom is -0.487 e. The minimum atomic E-state index is -0.0243. The second-order valence-electron chi connectivity index (χ2n) is 8.52. The van der Waals surface area contributed by atoms with Crippen LogP contribution >= 0.6 is 11.3 Å². The van der Waals surface area contributed by atoms with Gasteiger partial charge in [0.15, 0.2) is 4.96 Å². The maximum absolute atomic E-state index is 12.7. The number of fused-ring (bicyclic) bond motifs is 3. The molecule has 1 amide bonds. The molecule has 6 nitrogen and oxygen atoms in total. The van der Waals surface area contributed by atoms with Crippen LogP contribution in [0.3, 0.4) is 0 Å². The summed E-state index contributed by atoms with van der Waals surface area (Å²) in [5, 5.41) is 3.01. The fraction of sp³-hybridized carbons (Fsp3) is 0.458. The van der Waals surface area contributed by atoms with Crippen molar-refractivity contribution >= 4 is 27.9 Å². The van der Waals surface area contributed by atoms with E-state index in [9.17, 15) is 9.59 Å². The third kappa shape index (κ3) is 4.37. The number of amides is 1. The topological polar surface area (TPSA) is 72.7 Å². The standard InChI is InChI=1S/C24H27N3O3S/c28-22-14-18(26-24-27(22)20-8-4-5-9-21(20)31-24)15-30-19-12-10-17(11-13-19)25-23(29)16-6-2-1-3-7-16/h10-14,16H,1-9,15H2,(H,25,29). The first-order valence-electron chi connectivity index (χ1n) is 11.2. The van der Waals surface area contributed by atoms with E-state index in [2.05, 4.69) is 10.3 Å². The molecule has 0 unspecified atom stereocenters. The second kappa shape index (κ2) is 8.83. The molecule has 0 bridgehead atoms. The summed E-state index contributed by atoms with van der Waals surface area (Å²) in [5.74, 6) is 0.931. The molecule has 3 aromatic rings. The Morgan fingerprint density at radius 3 is 2.68 bits per heavy atom. The summed E-state index contributed by atoms with van der Waals surface area (Å²) in [6.07, 6.45) is 9.79. The number of aromatic nitrogens is 2. The molecule has 2 aromatic heterocycles. The van der Waals surface area contributed by atoms with Crippen LogP contribution in [0.25, 0.3) is 4.96 Å². The third-order valence-electron chi connectivity index (χ3n) is 6.30. The molecule has 5 rings (SSSR count). The first-order valence-corrected chi connectivity index (χ1v) is 12.1. The van der Waals surface area contributed by atoms with E-state index in [-0.39, 0.29) is 24.0 Å². The Kier molecular flexibility index (Phi) is 5.76. The van der Waals surface area contributed by atoms with E-state index in [1.54, 1.807) is 21.8 Å². The van der Waals surface area contributed by atoms with E-state index in [1.807, 2.05) is 24.3 Å². The number of nitrogens with one attached hydrogen (secondary N) is 1. The molecule has 1 fully saturated rings. The molecule has 2 aliphatic rings.